The van der Waals surface area contributed by atoms with Crippen molar-refractivity contribution in [1.82, 2.24) is 4.57 Å². The highest BCUT2D eigenvalue weighted by atomic mass is 16.5. The average Bonchev–Trinajstić information content (AvgIpc) is 2.60. The first kappa shape index (κ1) is 13.6. The van der Waals surface area contributed by atoms with E-state index in [1.165, 1.54) is 14.2 Å². The van der Waals surface area contributed by atoms with E-state index >= 15 is 0 Å². The first-order valence-corrected chi connectivity index (χ1v) is 6.46. The molecule has 5 heteroatoms. The molecule has 1 aliphatic rings. The highest BCUT2D eigenvalue weighted by molar-refractivity contribution is 5.94. The number of carbonyl (C=O) groups excluding carboxylic acids is 2. The van der Waals surface area contributed by atoms with Crippen molar-refractivity contribution in [2.45, 2.75) is 38.6 Å². The Kier molecular flexibility index (Phi) is 3.93. The van der Waals surface area contributed by atoms with E-state index in [9.17, 15) is 9.59 Å². The lowest BCUT2D eigenvalue weighted by Gasteiger charge is -2.15. The zero-order chi connectivity index (χ0) is 14.0. The third kappa shape index (κ3) is 2.37. The number of aryl methyl sites for hydroxylation is 2. The minimum absolute atomic E-state index is 0.286. The van der Waals surface area contributed by atoms with E-state index in [2.05, 4.69) is 0 Å². The Bertz CT molecular complexity index is 504. The van der Waals surface area contributed by atoms with Crippen LogP contribution in [0, 0.1) is 6.92 Å². The lowest BCUT2D eigenvalue weighted by atomic mass is 9.95. The van der Waals surface area contributed by atoms with Crippen LogP contribution in [0.25, 0.3) is 0 Å². The predicted octanol–water partition coefficient (Wildman–Crippen LogP) is 2.02. The van der Waals surface area contributed by atoms with E-state index in [0.717, 1.165) is 30.6 Å². The zero-order valence-electron chi connectivity index (χ0n) is 11.6. The first-order chi connectivity index (χ1) is 9.10. The maximum atomic E-state index is 12.0. The van der Waals surface area contributed by atoms with Gasteiger partial charge >= 0.3 is 11.9 Å². The molecular weight excluding hydrogens is 246 g/mol. The van der Waals surface area contributed by atoms with Gasteiger partial charge < -0.3 is 14.0 Å². The molecular formula is C14H19NO4. The second kappa shape index (κ2) is 5.47. The summed E-state index contributed by atoms with van der Waals surface area (Å²) in [5, 5.41) is 0. The third-order valence-electron chi connectivity index (χ3n) is 3.66. The number of ether oxygens (including phenoxy) is 2. The predicted molar refractivity (Wildman–Crippen MR) is 69.1 cm³/mol. The number of rotatable bonds is 2. The molecule has 0 amide bonds. The highest BCUT2D eigenvalue weighted by Gasteiger charge is 2.32. The Hall–Kier alpha value is -1.78. The largest absolute Gasteiger partial charge is 0.469 e. The Morgan fingerprint density at radius 2 is 2.00 bits per heavy atom. The van der Waals surface area contributed by atoms with Gasteiger partial charge in [-0.2, -0.15) is 0 Å². The molecule has 1 aromatic heterocycles. The SMILES string of the molecule is COC(=O)c1c(C)cn2c1C(C(=O)OC)CCCC2. The summed E-state index contributed by atoms with van der Waals surface area (Å²) in [6.45, 7) is 2.68. The van der Waals surface area contributed by atoms with Crippen molar-refractivity contribution in [2.75, 3.05) is 14.2 Å². The van der Waals surface area contributed by atoms with Gasteiger partial charge in [-0.3, -0.25) is 4.79 Å². The minimum atomic E-state index is -0.387. The van der Waals surface area contributed by atoms with Crippen LogP contribution in [0.4, 0.5) is 0 Å². The molecule has 1 atom stereocenters. The van der Waals surface area contributed by atoms with Crippen LogP contribution in [0.5, 0.6) is 0 Å². The van der Waals surface area contributed by atoms with E-state index in [0.29, 0.717) is 12.0 Å². The fraction of sp³-hybridized carbons (Fsp3) is 0.571. The quantitative estimate of drug-likeness (QED) is 0.768. The van der Waals surface area contributed by atoms with Gasteiger partial charge in [-0.15, -0.1) is 0 Å². The van der Waals surface area contributed by atoms with Gasteiger partial charge in [0.15, 0.2) is 0 Å². The highest BCUT2D eigenvalue weighted by Crippen LogP contribution is 2.33. The van der Waals surface area contributed by atoms with Crippen LogP contribution in [-0.4, -0.2) is 30.7 Å². The molecule has 1 unspecified atom stereocenters. The van der Waals surface area contributed by atoms with Gasteiger partial charge in [-0.05, 0) is 25.3 Å². The molecule has 0 spiro atoms. The molecule has 1 aliphatic heterocycles. The van der Waals surface area contributed by atoms with Gasteiger partial charge in [0.2, 0.25) is 0 Å². The van der Waals surface area contributed by atoms with Crippen LogP contribution in [0.3, 0.4) is 0 Å². The van der Waals surface area contributed by atoms with Gasteiger partial charge in [-0.25, -0.2) is 4.79 Å². The molecule has 104 valence electrons. The average molecular weight is 265 g/mol. The molecule has 0 N–H and O–H groups in total. The molecule has 1 aromatic rings. The molecule has 2 rings (SSSR count). The standard InChI is InChI=1S/C14H19NO4/c1-9-8-15-7-5-4-6-10(13(16)18-2)12(15)11(9)14(17)19-3/h8,10H,4-7H2,1-3H3. The number of methoxy groups -OCH3 is 2. The molecule has 0 fully saturated rings. The fourth-order valence-electron chi connectivity index (χ4n) is 2.78. The number of hydrogen-bond acceptors (Lipinski definition) is 4. The van der Waals surface area contributed by atoms with Gasteiger partial charge in [0.1, 0.15) is 0 Å². The van der Waals surface area contributed by atoms with E-state index in [-0.39, 0.29) is 17.9 Å². The molecule has 0 bridgehead atoms. The van der Waals surface area contributed by atoms with Crippen LogP contribution >= 0.6 is 0 Å². The second-order valence-electron chi connectivity index (χ2n) is 4.83. The van der Waals surface area contributed by atoms with Crippen molar-refractivity contribution >= 4 is 11.9 Å². The third-order valence-corrected chi connectivity index (χ3v) is 3.66. The van der Waals surface area contributed by atoms with Crippen molar-refractivity contribution in [2.24, 2.45) is 0 Å². The summed E-state index contributed by atoms with van der Waals surface area (Å²) < 4.78 is 11.7. The lowest BCUT2D eigenvalue weighted by molar-refractivity contribution is -0.142. The minimum Gasteiger partial charge on any atom is -0.469 e. The van der Waals surface area contributed by atoms with Crippen LogP contribution < -0.4 is 0 Å². The molecule has 19 heavy (non-hydrogen) atoms. The van der Waals surface area contributed by atoms with Crippen LogP contribution in [-0.2, 0) is 20.8 Å². The first-order valence-electron chi connectivity index (χ1n) is 6.46. The maximum absolute atomic E-state index is 12.0. The monoisotopic (exact) mass is 265 g/mol. The normalized spacial score (nSPS) is 18.4. The summed E-state index contributed by atoms with van der Waals surface area (Å²) in [6.07, 6.45) is 4.57. The Morgan fingerprint density at radius 1 is 1.26 bits per heavy atom. The van der Waals surface area contributed by atoms with Gasteiger partial charge in [0, 0.05) is 18.4 Å². The Balaban J connectivity index is 2.56. The lowest BCUT2D eigenvalue weighted by Crippen LogP contribution is -2.19. The Labute approximate surface area is 112 Å². The smallest absolute Gasteiger partial charge is 0.339 e. The van der Waals surface area contributed by atoms with Crippen LogP contribution in [0.15, 0.2) is 6.20 Å². The van der Waals surface area contributed by atoms with Gasteiger partial charge in [0.05, 0.1) is 25.7 Å². The zero-order valence-corrected chi connectivity index (χ0v) is 11.6. The van der Waals surface area contributed by atoms with E-state index in [1.54, 1.807) is 0 Å². The number of esters is 2. The summed E-state index contributed by atoms with van der Waals surface area (Å²) in [4.78, 5) is 23.9. The molecule has 2 heterocycles. The molecule has 0 aromatic carbocycles. The summed E-state index contributed by atoms with van der Waals surface area (Å²) in [5.74, 6) is -1.05. The fourth-order valence-corrected chi connectivity index (χ4v) is 2.78. The topological polar surface area (TPSA) is 57.5 Å². The number of aromatic nitrogens is 1. The van der Waals surface area contributed by atoms with Crippen molar-refractivity contribution in [3.8, 4) is 0 Å². The van der Waals surface area contributed by atoms with Crippen molar-refractivity contribution < 1.29 is 19.1 Å². The summed E-state index contributed by atoms with van der Waals surface area (Å²) in [7, 11) is 2.74. The van der Waals surface area contributed by atoms with Crippen molar-refractivity contribution in [3.05, 3.63) is 23.0 Å². The van der Waals surface area contributed by atoms with E-state index < -0.39 is 0 Å². The Morgan fingerprint density at radius 3 is 2.63 bits per heavy atom. The molecule has 0 saturated heterocycles. The maximum Gasteiger partial charge on any atom is 0.339 e. The van der Waals surface area contributed by atoms with Crippen LogP contribution in [0.1, 0.15) is 46.8 Å². The molecule has 0 radical (unpaired) electrons. The van der Waals surface area contributed by atoms with E-state index in [4.69, 9.17) is 9.47 Å². The van der Waals surface area contributed by atoms with Crippen molar-refractivity contribution in [3.63, 3.8) is 0 Å². The second-order valence-corrected chi connectivity index (χ2v) is 4.83. The summed E-state index contributed by atoms with van der Waals surface area (Å²) in [5.41, 5.74) is 2.10. The number of fused-ring (bicyclic) bond motifs is 1. The molecule has 0 aliphatic carbocycles. The number of carbonyl (C=O) groups is 2. The van der Waals surface area contributed by atoms with Gasteiger partial charge in [0.25, 0.3) is 0 Å². The van der Waals surface area contributed by atoms with Crippen LogP contribution in [0.2, 0.25) is 0 Å². The molecule has 0 saturated carbocycles. The van der Waals surface area contributed by atoms with E-state index in [1.807, 2.05) is 17.7 Å². The summed E-state index contributed by atoms with van der Waals surface area (Å²) in [6, 6.07) is 0. The number of hydrogen-bond donors (Lipinski definition) is 0. The summed E-state index contributed by atoms with van der Waals surface area (Å²) >= 11 is 0. The number of nitrogens with zero attached hydrogens (tertiary/aromatic N) is 1. The van der Waals surface area contributed by atoms with Gasteiger partial charge in [-0.1, -0.05) is 6.42 Å². The van der Waals surface area contributed by atoms with Crippen molar-refractivity contribution in [1.29, 1.82) is 0 Å². The molecule has 5 nitrogen and oxygen atoms in total.